The molecule has 0 aliphatic heterocycles. The zero-order valence-electron chi connectivity index (χ0n) is 12.5. The highest BCUT2D eigenvalue weighted by molar-refractivity contribution is 6.00. The van der Waals surface area contributed by atoms with Gasteiger partial charge < -0.3 is 10.4 Å². The van der Waals surface area contributed by atoms with Crippen LogP contribution in [0, 0.1) is 5.92 Å². The molecule has 2 aromatic carbocycles. The highest BCUT2D eigenvalue weighted by Gasteiger charge is 2.26. The molecule has 2 N–H and O–H groups in total. The molecule has 2 aromatic rings. The molecule has 22 heavy (non-hydrogen) atoms. The Labute approximate surface area is 131 Å². The SMILES string of the molecule is O=C1c2ccccc2CCC1CNCC(O)c1ccccc1. The van der Waals surface area contributed by atoms with E-state index in [0.29, 0.717) is 13.1 Å². The maximum Gasteiger partial charge on any atom is 0.167 e. The van der Waals surface area contributed by atoms with Crippen molar-refractivity contribution in [1.29, 1.82) is 0 Å². The fraction of sp³-hybridized carbons (Fsp3) is 0.316. The summed E-state index contributed by atoms with van der Waals surface area (Å²) in [5.41, 5.74) is 2.92. The van der Waals surface area contributed by atoms with Gasteiger partial charge in [-0.1, -0.05) is 54.6 Å². The van der Waals surface area contributed by atoms with Crippen molar-refractivity contribution in [2.24, 2.45) is 5.92 Å². The highest BCUT2D eigenvalue weighted by Crippen LogP contribution is 2.25. The van der Waals surface area contributed by atoms with Gasteiger partial charge in [0.25, 0.3) is 0 Å². The van der Waals surface area contributed by atoms with Gasteiger partial charge in [-0.05, 0) is 24.0 Å². The molecular formula is C19H21NO2. The molecule has 0 fully saturated rings. The third-order valence-electron chi connectivity index (χ3n) is 4.33. The molecule has 0 bridgehead atoms. The third-order valence-corrected chi connectivity index (χ3v) is 4.33. The summed E-state index contributed by atoms with van der Waals surface area (Å²) in [5.74, 6) is 0.237. The van der Waals surface area contributed by atoms with Gasteiger partial charge in [-0.15, -0.1) is 0 Å². The minimum absolute atomic E-state index is 0.0119. The molecule has 0 amide bonds. The maximum absolute atomic E-state index is 12.5. The second-order valence-electron chi connectivity index (χ2n) is 5.84. The summed E-state index contributed by atoms with van der Waals surface area (Å²) in [6.07, 6.45) is 1.30. The zero-order chi connectivity index (χ0) is 15.4. The second-order valence-corrected chi connectivity index (χ2v) is 5.84. The van der Waals surface area contributed by atoms with Crippen LogP contribution in [0.25, 0.3) is 0 Å². The molecule has 0 saturated carbocycles. The van der Waals surface area contributed by atoms with Crippen molar-refractivity contribution in [3.05, 3.63) is 71.3 Å². The number of carbonyl (C=O) groups excluding carboxylic acids is 1. The van der Waals surface area contributed by atoms with E-state index in [0.717, 1.165) is 29.5 Å². The Bertz CT molecular complexity index is 639. The summed E-state index contributed by atoms with van der Waals surface area (Å²) in [4.78, 5) is 12.5. The first-order chi connectivity index (χ1) is 10.8. The van der Waals surface area contributed by atoms with E-state index in [1.807, 2.05) is 54.6 Å². The van der Waals surface area contributed by atoms with E-state index in [2.05, 4.69) is 5.32 Å². The largest absolute Gasteiger partial charge is 0.387 e. The Morgan fingerprint density at radius 1 is 1.09 bits per heavy atom. The topological polar surface area (TPSA) is 49.3 Å². The van der Waals surface area contributed by atoms with Crippen LogP contribution in [0.1, 0.15) is 34.0 Å². The molecule has 3 heteroatoms. The number of aliphatic hydroxyl groups is 1. The highest BCUT2D eigenvalue weighted by atomic mass is 16.3. The summed E-state index contributed by atoms with van der Waals surface area (Å²) in [5, 5.41) is 13.4. The molecular weight excluding hydrogens is 274 g/mol. The number of hydrogen-bond acceptors (Lipinski definition) is 3. The fourth-order valence-electron chi connectivity index (χ4n) is 3.04. The van der Waals surface area contributed by atoms with E-state index in [-0.39, 0.29) is 11.7 Å². The number of aryl methyl sites for hydroxylation is 1. The van der Waals surface area contributed by atoms with Crippen molar-refractivity contribution >= 4 is 5.78 Å². The van der Waals surface area contributed by atoms with Crippen LogP contribution >= 0.6 is 0 Å². The second kappa shape index (κ2) is 6.86. The molecule has 1 aliphatic carbocycles. The average molecular weight is 295 g/mol. The number of hydrogen-bond donors (Lipinski definition) is 2. The summed E-state index contributed by atoms with van der Waals surface area (Å²) in [6, 6.07) is 17.5. The molecule has 2 unspecified atom stereocenters. The summed E-state index contributed by atoms with van der Waals surface area (Å²) in [6.45, 7) is 1.09. The Kier molecular flexibility index (Phi) is 4.66. The summed E-state index contributed by atoms with van der Waals surface area (Å²) >= 11 is 0. The van der Waals surface area contributed by atoms with E-state index in [9.17, 15) is 9.90 Å². The first-order valence-corrected chi connectivity index (χ1v) is 7.81. The molecule has 0 spiro atoms. The Morgan fingerprint density at radius 3 is 2.64 bits per heavy atom. The number of aliphatic hydroxyl groups excluding tert-OH is 1. The minimum atomic E-state index is -0.535. The summed E-state index contributed by atoms with van der Waals surface area (Å²) < 4.78 is 0. The molecule has 0 saturated heterocycles. The number of benzene rings is 2. The first-order valence-electron chi connectivity index (χ1n) is 7.81. The van der Waals surface area contributed by atoms with Crippen LogP contribution in [0.3, 0.4) is 0 Å². The van der Waals surface area contributed by atoms with Gasteiger partial charge in [-0.25, -0.2) is 0 Å². The van der Waals surface area contributed by atoms with Crippen LogP contribution in [0.4, 0.5) is 0 Å². The van der Waals surface area contributed by atoms with Crippen molar-refractivity contribution < 1.29 is 9.90 Å². The van der Waals surface area contributed by atoms with Crippen LogP contribution in [0.15, 0.2) is 54.6 Å². The van der Waals surface area contributed by atoms with Gasteiger partial charge in [0, 0.05) is 24.6 Å². The number of Topliss-reactive ketones (excluding diaryl/α,β-unsaturated/α-hetero) is 1. The van der Waals surface area contributed by atoms with E-state index in [4.69, 9.17) is 0 Å². The van der Waals surface area contributed by atoms with E-state index < -0.39 is 6.10 Å². The Morgan fingerprint density at radius 2 is 1.82 bits per heavy atom. The van der Waals surface area contributed by atoms with Crippen LogP contribution in [-0.4, -0.2) is 24.0 Å². The van der Waals surface area contributed by atoms with Crippen molar-refractivity contribution in [3.63, 3.8) is 0 Å². The number of fused-ring (bicyclic) bond motifs is 1. The van der Waals surface area contributed by atoms with E-state index in [1.165, 1.54) is 0 Å². The van der Waals surface area contributed by atoms with Gasteiger partial charge >= 0.3 is 0 Å². The van der Waals surface area contributed by atoms with Crippen molar-refractivity contribution in [3.8, 4) is 0 Å². The third kappa shape index (κ3) is 3.26. The first kappa shape index (κ1) is 14.9. The number of carbonyl (C=O) groups is 1. The van der Waals surface area contributed by atoms with Gasteiger partial charge in [0.05, 0.1) is 6.10 Å². The van der Waals surface area contributed by atoms with Crippen LogP contribution in [-0.2, 0) is 6.42 Å². The van der Waals surface area contributed by atoms with Gasteiger partial charge in [0.2, 0.25) is 0 Å². The predicted octanol–water partition coefficient (Wildman–Crippen LogP) is 2.75. The predicted molar refractivity (Wildman–Crippen MR) is 86.9 cm³/mol. The zero-order valence-corrected chi connectivity index (χ0v) is 12.5. The molecule has 0 heterocycles. The monoisotopic (exact) mass is 295 g/mol. The number of rotatable bonds is 5. The van der Waals surface area contributed by atoms with Crippen molar-refractivity contribution in [1.82, 2.24) is 5.32 Å². The molecule has 2 atom stereocenters. The Balaban J connectivity index is 1.54. The van der Waals surface area contributed by atoms with E-state index >= 15 is 0 Å². The minimum Gasteiger partial charge on any atom is -0.387 e. The smallest absolute Gasteiger partial charge is 0.167 e. The quantitative estimate of drug-likeness (QED) is 0.892. The maximum atomic E-state index is 12.5. The molecule has 3 nitrogen and oxygen atoms in total. The number of nitrogens with one attached hydrogen (secondary N) is 1. The summed E-state index contributed by atoms with van der Waals surface area (Å²) in [7, 11) is 0. The average Bonchev–Trinajstić information content (AvgIpc) is 2.58. The van der Waals surface area contributed by atoms with Gasteiger partial charge in [-0.3, -0.25) is 4.79 Å². The Hall–Kier alpha value is -1.97. The molecule has 3 rings (SSSR count). The molecule has 1 aliphatic rings. The van der Waals surface area contributed by atoms with Crippen LogP contribution in [0.2, 0.25) is 0 Å². The number of ketones is 1. The lowest BCUT2D eigenvalue weighted by molar-refractivity contribution is 0.0895. The lowest BCUT2D eigenvalue weighted by atomic mass is 9.83. The molecule has 0 aromatic heterocycles. The lowest BCUT2D eigenvalue weighted by Crippen LogP contribution is -2.34. The molecule has 0 radical (unpaired) electrons. The fourth-order valence-corrected chi connectivity index (χ4v) is 3.04. The van der Waals surface area contributed by atoms with E-state index in [1.54, 1.807) is 0 Å². The standard InChI is InChI=1S/C19H21NO2/c21-18(15-7-2-1-3-8-15)13-20-12-16-11-10-14-6-4-5-9-17(14)19(16)22/h1-9,16,18,20-21H,10-13H2. The van der Waals surface area contributed by atoms with Crippen LogP contribution < -0.4 is 5.32 Å². The van der Waals surface area contributed by atoms with Gasteiger partial charge in [-0.2, -0.15) is 0 Å². The normalized spacial score (nSPS) is 18.8. The van der Waals surface area contributed by atoms with Gasteiger partial charge in [0.1, 0.15) is 0 Å². The lowest BCUT2D eigenvalue weighted by Gasteiger charge is -2.24. The molecule has 114 valence electrons. The van der Waals surface area contributed by atoms with Crippen molar-refractivity contribution in [2.45, 2.75) is 18.9 Å². The van der Waals surface area contributed by atoms with Crippen molar-refractivity contribution in [2.75, 3.05) is 13.1 Å². The van der Waals surface area contributed by atoms with Gasteiger partial charge in [0.15, 0.2) is 5.78 Å². The van der Waals surface area contributed by atoms with Crippen LogP contribution in [0.5, 0.6) is 0 Å².